The number of hydrogen-bond acceptors (Lipinski definition) is 3. The minimum atomic E-state index is 0. The third-order valence-corrected chi connectivity index (χ3v) is 3.83. The fourth-order valence-electron chi connectivity index (χ4n) is 2.42. The van der Waals surface area contributed by atoms with Gasteiger partial charge in [0.25, 0.3) is 0 Å². The van der Waals surface area contributed by atoms with E-state index in [1.165, 1.54) is 16.7 Å². The van der Waals surface area contributed by atoms with Gasteiger partial charge in [0.2, 0.25) is 0 Å². The van der Waals surface area contributed by atoms with Crippen molar-refractivity contribution < 1.29 is 0 Å². The lowest BCUT2D eigenvalue weighted by atomic mass is 10.1. The Kier molecular flexibility index (Phi) is 8.68. The van der Waals surface area contributed by atoms with Gasteiger partial charge >= 0.3 is 0 Å². The number of anilines is 1. The molecule has 2 rings (SSSR count). The highest BCUT2D eigenvalue weighted by Crippen LogP contribution is 2.10. The molecule has 0 radical (unpaired) electrons. The Labute approximate surface area is 168 Å². The molecule has 0 saturated heterocycles. The van der Waals surface area contributed by atoms with E-state index < -0.39 is 0 Å². The van der Waals surface area contributed by atoms with Crippen molar-refractivity contribution in [3.05, 3.63) is 59.3 Å². The summed E-state index contributed by atoms with van der Waals surface area (Å²) in [5.41, 5.74) is 3.72. The van der Waals surface area contributed by atoms with Gasteiger partial charge in [-0.05, 0) is 30.2 Å². The van der Waals surface area contributed by atoms with Gasteiger partial charge in [-0.2, -0.15) is 0 Å². The van der Waals surface area contributed by atoms with E-state index in [2.05, 4.69) is 57.4 Å². The van der Waals surface area contributed by atoms with Gasteiger partial charge < -0.3 is 15.1 Å². The molecule has 1 heterocycles. The van der Waals surface area contributed by atoms with Crippen LogP contribution in [-0.4, -0.2) is 44.0 Å². The molecule has 25 heavy (non-hydrogen) atoms. The van der Waals surface area contributed by atoms with Crippen molar-refractivity contribution in [1.29, 1.82) is 0 Å². The summed E-state index contributed by atoms with van der Waals surface area (Å²) >= 11 is 0. The maximum atomic E-state index is 4.38. The molecule has 0 spiro atoms. The van der Waals surface area contributed by atoms with Crippen LogP contribution in [0.25, 0.3) is 0 Å². The lowest BCUT2D eigenvalue weighted by molar-refractivity contribution is 0.476. The lowest BCUT2D eigenvalue weighted by Crippen LogP contribution is -2.38. The predicted octanol–water partition coefficient (Wildman–Crippen LogP) is 3.28. The van der Waals surface area contributed by atoms with E-state index in [-0.39, 0.29) is 24.0 Å². The molecule has 0 aliphatic carbocycles. The molecule has 1 N–H and O–H groups in total. The van der Waals surface area contributed by atoms with Gasteiger partial charge in [-0.1, -0.05) is 29.8 Å². The summed E-state index contributed by atoms with van der Waals surface area (Å²) in [6, 6.07) is 12.7. The van der Waals surface area contributed by atoms with Crippen LogP contribution in [0, 0.1) is 6.92 Å². The smallest absolute Gasteiger partial charge is 0.193 e. The third-order valence-electron chi connectivity index (χ3n) is 3.83. The number of nitrogens with zero attached hydrogens (tertiary/aromatic N) is 4. The van der Waals surface area contributed by atoms with Gasteiger partial charge in [0.05, 0.1) is 0 Å². The molecule has 0 aliphatic rings. The number of hydrogen-bond donors (Lipinski definition) is 1. The molecule has 0 fully saturated rings. The molecule has 0 bridgehead atoms. The minimum absolute atomic E-state index is 0. The molecule has 1 aromatic heterocycles. The number of pyridine rings is 1. The highest BCUT2D eigenvalue weighted by molar-refractivity contribution is 14.0. The first kappa shape index (κ1) is 21.2. The Morgan fingerprint density at radius 1 is 1.08 bits per heavy atom. The maximum Gasteiger partial charge on any atom is 0.193 e. The molecule has 0 atom stereocenters. The molecule has 0 amide bonds. The van der Waals surface area contributed by atoms with E-state index in [0.717, 1.165) is 18.3 Å². The van der Waals surface area contributed by atoms with E-state index in [4.69, 9.17) is 0 Å². The summed E-state index contributed by atoms with van der Waals surface area (Å²) in [7, 11) is 7.85. The fourth-order valence-corrected chi connectivity index (χ4v) is 2.42. The summed E-state index contributed by atoms with van der Waals surface area (Å²) in [5.74, 6) is 1.83. The molecule has 136 valence electrons. The van der Waals surface area contributed by atoms with Crippen LogP contribution in [-0.2, 0) is 13.1 Å². The number of halogens is 1. The number of benzene rings is 1. The normalized spacial score (nSPS) is 10.8. The molecule has 5 nitrogen and oxygen atoms in total. The Morgan fingerprint density at radius 3 is 2.36 bits per heavy atom. The van der Waals surface area contributed by atoms with Crippen molar-refractivity contribution in [3.8, 4) is 0 Å². The number of aliphatic imine (C=N–C) groups is 1. The molecule has 0 saturated carbocycles. The fraction of sp³-hybridized carbons (Fsp3) is 0.368. The molecular formula is C19H28IN5. The Bertz CT molecular complexity index is 682. The highest BCUT2D eigenvalue weighted by atomic mass is 127. The first-order chi connectivity index (χ1) is 11.5. The minimum Gasteiger partial charge on any atom is -0.363 e. The van der Waals surface area contributed by atoms with Crippen molar-refractivity contribution in [2.24, 2.45) is 4.99 Å². The molecular weight excluding hydrogens is 425 g/mol. The predicted molar refractivity (Wildman–Crippen MR) is 117 cm³/mol. The van der Waals surface area contributed by atoms with Crippen LogP contribution in [0.5, 0.6) is 0 Å². The van der Waals surface area contributed by atoms with Gasteiger partial charge in [-0.25, -0.2) is 4.98 Å². The molecule has 6 heteroatoms. The van der Waals surface area contributed by atoms with Crippen LogP contribution >= 0.6 is 24.0 Å². The highest BCUT2D eigenvalue weighted by Gasteiger charge is 2.07. The first-order valence-corrected chi connectivity index (χ1v) is 8.09. The Balaban J connectivity index is 0.00000312. The van der Waals surface area contributed by atoms with E-state index in [9.17, 15) is 0 Å². The number of rotatable bonds is 5. The van der Waals surface area contributed by atoms with E-state index in [1.807, 2.05) is 45.4 Å². The quantitative estimate of drug-likeness (QED) is 0.429. The second-order valence-corrected chi connectivity index (χ2v) is 6.16. The largest absolute Gasteiger partial charge is 0.363 e. The zero-order valence-corrected chi connectivity index (χ0v) is 18.0. The second kappa shape index (κ2) is 10.2. The first-order valence-electron chi connectivity index (χ1n) is 8.09. The van der Waals surface area contributed by atoms with Crippen LogP contribution in [0.1, 0.15) is 16.7 Å². The van der Waals surface area contributed by atoms with Crippen molar-refractivity contribution in [2.45, 2.75) is 20.0 Å². The van der Waals surface area contributed by atoms with Gasteiger partial charge in [-0.15, -0.1) is 24.0 Å². The molecule has 0 aliphatic heterocycles. The summed E-state index contributed by atoms with van der Waals surface area (Å²) in [6.45, 7) is 3.64. The number of aromatic nitrogens is 1. The zero-order valence-electron chi connectivity index (χ0n) is 15.7. The van der Waals surface area contributed by atoms with Gasteiger partial charge in [0, 0.05) is 47.5 Å². The van der Waals surface area contributed by atoms with Gasteiger partial charge in [0.1, 0.15) is 5.82 Å². The number of nitrogens with one attached hydrogen (secondary N) is 1. The van der Waals surface area contributed by atoms with E-state index in [1.54, 1.807) is 0 Å². The van der Waals surface area contributed by atoms with Crippen LogP contribution in [0.4, 0.5) is 5.82 Å². The van der Waals surface area contributed by atoms with Crippen LogP contribution in [0.15, 0.2) is 47.6 Å². The summed E-state index contributed by atoms with van der Waals surface area (Å²) < 4.78 is 0. The molecule has 0 unspecified atom stereocenters. The van der Waals surface area contributed by atoms with Gasteiger partial charge in [0.15, 0.2) is 5.96 Å². The second-order valence-electron chi connectivity index (χ2n) is 6.16. The topological polar surface area (TPSA) is 43.8 Å². The lowest BCUT2D eigenvalue weighted by Gasteiger charge is -2.22. The summed E-state index contributed by atoms with van der Waals surface area (Å²) in [5, 5.41) is 3.41. The average molecular weight is 453 g/mol. The monoisotopic (exact) mass is 453 g/mol. The number of guanidine groups is 1. The van der Waals surface area contributed by atoms with Crippen molar-refractivity contribution >= 4 is 35.8 Å². The van der Waals surface area contributed by atoms with Crippen molar-refractivity contribution in [2.75, 3.05) is 33.1 Å². The zero-order chi connectivity index (χ0) is 17.5. The van der Waals surface area contributed by atoms with E-state index in [0.29, 0.717) is 6.54 Å². The maximum absolute atomic E-state index is 4.38. The standard InChI is InChI=1S/C19H27N5.HI/c1-15-6-8-16(9-7-15)14-24(5)19(20-2)22-13-17-10-11-21-18(12-17)23(3)4;/h6-12H,13-14H2,1-5H3,(H,20,22);1H. The number of aryl methyl sites for hydroxylation is 1. The SMILES string of the molecule is CN=C(NCc1ccnc(N(C)C)c1)N(C)Cc1ccc(C)cc1.I. The third kappa shape index (κ3) is 6.53. The van der Waals surface area contributed by atoms with Crippen LogP contribution < -0.4 is 10.2 Å². The Morgan fingerprint density at radius 2 is 1.76 bits per heavy atom. The van der Waals surface area contributed by atoms with Crippen LogP contribution in [0.2, 0.25) is 0 Å². The summed E-state index contributed by atoms with van der Waals surface area (Å²) in [6.07, 6.45) is 1.84. The Hall–Kier alpha value is -1.83. The van der Waals surface area contributed by atoms with Crippen LogP contribution in [0.3, 0.4) is 0 Å². The van der Waals surface area contributed by atoms with Gasteiger partial charge in [-0.3, -0.25) is 4.99 Å². The average Bonchev–Trinajstić information content (AvgIpc) is 2.57. The molecule has 2 aromatic rings. The van der Waals surface area contributed by atoms with Crippen molar-refractivity contribution in [1.82, 2.24) is 15.2 Å². The summed E-state index contributed by atoms with van der Waals surface area (Å²) in [4.78, 5) is 12.8. The van der Waals surface area contributed by atoms with Crippen molar-refractivity contribution in [3.63, 3.8) is 0 Å². The van der Waals surface area contributed by atoms with E-state index >= 15 is 0 Å². The molecule has 1 aromatic carbocycles.